The fourth-order valence-electron chi connectivity index (χ4n) is 3.73. The lowest BCUT2D eigenvalue weighted by molar-refractivity contribution is 0.0987. The number of nitrogens with zero attached hydrogens (tertiary/aromatic N) is 3. The minimum atomic E-state index is 0.0210. The van der Waals surface area contributed by atoms with Gasteiger partial charge in [0, 0.05) is 37.9 Å². The number of benzene rings is 2. The predicted octanol–water partition coefficient (Wildman–Crippen LogP) is 4.09. The van der Waals surface area contributed by atoms with E-state index in [2.05, 4.69) is 52.6 Å². The molecule has 1 N–H and O–H groups in total. The molecule has 1 aliphatic heterocycles. The van der Waals surface area contributed by atoms with Crippen LogP contribution in [0.4, 0.5) is 11.5 Å². The van der Waals surface area contributed by atoms with Crippen LogP contribution in [0.25, 0.3) is 0 Å². The highest BCUT2D eigenvalue weighted by molar-refractivity contribution is 6.08. The van der Waals surface area contributed by atoms with Crippen molar-refractivity contribution in [3.8, 4) is 0 Å². The highest BCUT2D eigenvalue weighted by Crippen LogP contribution is 2.29. The van der Waals surface area contributed by atoms with Crippen molar-refractivity contribution in [1.82, 2.24) is 9.88 Å². The molecule has 0 atom stereocenters. The van der Waals surface area contributed by atoms with Gasteiger partial charge in [-0.3, -0.25) is 9.69 Å². The van der Waals surface area contributed by atoms with Crippen LogP contribution >= 0.6 is 0 Å². The summed E-state index contributed by atoms with van der Waals surface area (Å²) in [5.41, 5.74) is 5.02. The number of aromatic nitrogens is 1. The van der Waals surface area contributed by atoms with Gasteiger partial charge in [0.05, 0.1) is 5.69 Å². The first-order valence-corrected chi connectivity index (χ1v) is 9.94. The lowest BCUT2D eigenvalue weighted by Gasteiger charge is -2.30. The van der Waals surface area contributed by atoms with Crippen LogP contribution in [0.15, 0.2) is 66.9 Å². The van der Waals surface area contributed by atoms with Gasteiger partial charge in [-0.1, -0.05) is 42.5 Å². The molecule has 0 unspecified atom stereocenters. The Kier molecular flexibility index (Phi) is 5.58. The number of aryl methyl sites for hydroxylation is 1. The average Bonchev–Trinajstić information content (AvgIpc) is 2.73. The third-order valence-electron chi connectivity index (χ3n) is 5.09. The quantitative estimate of drug-likeness (QED) is 0.717. The Morgan fingerprint density at radius 3 is 2.66 bits per heavy atom. The molecule has 2 heterocycles. The Bertz CT molecular complexity index is 1000. The Hall–Kier alpha value is -3.18. The van der Waals surface area contributed by atoms with Crippen LogP contribution in [0.2, 0.25) is 0 Å². The highest BCUT2D eigenvalue weighted by atomic mass is 16.2. The van der Waals surface area contributed by atoms with Gasteiger partial charge < -0.3 is 10.2 Å². The summed E-state index contributed by atoms with van der Waals surface area (Å²) < 4.78 is 0. The Balaban J connectivity index is 1.50. The van der Waals surface area contributed by atoms with E-state index in [4.69, 9.17) is 0 Å². The topological polar surface area (TPSA) is 48.5 Å². The summed E-state index contributed by atoms with van der Waals surface area (Å²) in [4.78, 5) is 21.8. The summed E-state index contributed by atoms with van der Waals surface area (Å²) in [6, 6.07) is 20.4. The molecule has 1 aliphatic rings. The molecule has 0 fully saturated rings. The lowest BCUT2D eigenvalue weighted by Crippen LogP contribution is -2.39. The molecule has 29 heavy (non-hydrogen) atoms. The van der Waals surface area contributed by atoms with Crippen molar-refractivity contribution >= 4 is 17.4 Å². The van der Waals surface area contributed by atoms with E-state index >= 15 is 0 Å². The number of carbonyl (C=O) groups is 1. The monoisotopic (exact) mass is 386 g/mol. The Labute approximate surface area is 172 Å². The minimum Gasteiger partial charge on any atom is -0.367 e. The van der Waals surface area contributed by atoms with Gasteiger partial charge in [-0.15, -0.1) is 0 Å². The van der Waals surface area contributed by atoms with Crippen molar-refractivity contribution < 1.29 is 4.79 Å². The van der Waals surface area contributed by atoms with Crippen molar-refractivity contribution in [1.29, 1.82) is 0 Å². The molecule has 0 spiro atoms. The second-order valence-corrected chi connectivity index (χ2v) is 7.62. The second-order valence-electron chi connectivity index (χ2n) is 7.62. The van der Waals surface area contributed by atoms with Crippen molar-refractivity contribution in [2.45, 2.75) is 20.0 Å². The highest BCUT2D eigenvalue weighted by Gasteiger charge is 2.24. The SMILES string of the molecule is Cc1cnc2c(c1)N(C(=O)c1cccc(CN(C)Cc3ccccc3)c1)CCN2. The third kappa shape index (κ3) is 4.46. The summed E-state index contributed by atoms with van der Waals surface area (Å²) in [7, 11) is 2.10. The summed E-state index contributed by atoms with van der Waals surface area (Å²) in [6.45, 7) is 4.99. The van der Waals surface area contributed by atoms with Gasteiger partial charge in [0.2, 0.25) is 0 Å². The van der Waals surface area contributed by atoms with Crippen LogP contribution in [-0.4, -0.2) is 35.9 Å². The van der Waals surface area contributed by atoms with E-state index < -0.39 is 0 Å². The molecule has 0 saturated heterocycles. The molecule has 5 nitrogen and oxygen atoms in total. The fourth-order valence-corrected chi connectivity index (χ4v) is 3.73. The van der Waals surface area contributed by atoms with Crippen LogP contribution in [0.3, 0.4) is 0 Å². The summed E-state index contributed by atoms with van der Waals surface area (Å²) in [5.74, 6) is 0.793. The molecule has 0 radical (unpaired) electrons. The first-order valence-electron chi connectivity index (χ1n) is 9.94. The largest absolute Gasteiger partial charge is 0.367 e. The van der Waals surface area contributed by atoms with Crippen LogP contribution in [0, 0.1) is 6.92 Å². The number of hydrogen-bond acceptors (Lipinski definition) is 4. The van der Waals surface area contributed by atoms with E-state index in [1.807, 2.05) is 48.4 Å². The predicted molar refractivity (Wildman–Crippen MR) is 117 cm³/mol. The Morgan fingerprint density at radius 1 is 1.07 bits per heavy atom. The summed E-state index contributed by atoms with van der Waals surface area (Å²) in [6.07, 6.45) is 1.82. The summed E-state index contributed by atoms with van der Waals surface area (Å²) in [5, 5.41) is 3.28. The van der Waals surface area contributed by atoms with Gasteiger partial charge in [-0.25, -0.2) is 4.98 Å². The number of pyridine rings is 1. The van der Waals surface area contributed by atoms with E-state index in [-0.39, 0.29) is 5.91 Å². The molecule has 1 amide bonds. The van der Waals surface area contributed by atoms with Gasteiger partial charge in [0.1, 0.15) is 5.82 Å². The number of rotatable bonds is 5. The van der Waals surface area contributed by atoms with Gasteiger partial charge in [0.15, 0.2) is 0 Å². The zero-order chi connectivity index (χ0) is 20.2. The van der Waals surface area contributed by atoms with Crippen LogP contribution < -0.4 is 10.2 Å². The zero-order valence-corrected chi connectivity index (χ0v) is 16.9. The van der Waals surface area contributed by atoms with E-state index in [1.54, 1.807) is 0 Å². The maximum Gasteiger partial charge on any atom is 0.258 e. The standard InChI is InChI=1S/C24H26N4O/c1-18-13-22-23(26-15-18)25-11-12-28(22)24(29)21-10-6-9-20(14-21)17-27(2)16-19-7-4-3-5-8-19/h3-10,13-15H,11-12,16-17H2,1-2H3,(H,25,26). The number of nitrogens with one attached hydrogen (secondary N) is 1. The number of carbonyl (C=O) groups excluding carboxylic acids is 1. The van der Waals surface area contributed by atoms with E-state index in [9.17, 15) is 4.79 Å². The van der Waals surface area contributed by atoms with Gasteiger partial charge in [-0.05, 0) is 48.9 Å². The molecule has 1 aromatic heterocycles. The van der Waals surface area contributed by atoms with Crippen molar-refractivity contribution in [2.75, 3.05) is 30.4 Å². The van der Waals surface area contributed by atoms with Gasteiger partial charge in [0.25, 0.3) is 5.91 Å². The van der Waals surface area contributed by atoms with Crippen molar-refractivity contribution in [3.63, 3.8) is 0 Å². The molecule has 2 aromatic carbocycles. The maximum absolute atomic E-state index is 13.3. The lowest BCUT2D eigenvalue weighted by atomic mass is 10.1. The van der Waals surface area contributed by atoms with Crippen LogP contribution in [-0.2, 0) is 13.1 Å². The number of hydrogen-bond donors (Lipinski definition) is 1. The van der Waals surface area contributed by atoms with Crippen molar-refractivity contribution in [3.05, 3.63) is 89.1 Å². The maximum atomic E-state index is 13.3. The third-order valence-corrected chi connectivity index (χ3v) is 5.09. The zero-order valence-electron chi connectivity index (χ0n) is 16.9. The number of fused-ring (bicyclic) bond motifs is 1. The molecular weight excluding hydrogens is 360 g/mol. The molecule has 3 aromatic rings. The second kappa shape index (κ2) is 8.45. The Morgan fingerprint density at radius 2 is 1.83 bits per heavy atom. The summed E-state index contributed by atoms with van der Waals surface area (Å²) >= 11 is 0. The molecular formula is C24H26N4O. The van der Waals surface area contributed by atoms with Crippen LogP contribution in [0.1, 0.15) is 27.0 Å². The molecule has 0 aliphatic carbocycles. The van der Waals surface area contributed by atoms with Gasteiger partial charge in [-0.2, -0.15) is 0 Å². The molecule has 148 valence electrons. The molecule has 4 rings (SSSR count). The van der Waals surface area contributed by atoms with E-state index in [0.29, 0.717) is 18.7 Å². The minimum absolute atomic E-state index is 0.0210. The number of anilines is 2. The molecule has 0 saturated carbocycles. The smallest absolute Gasteiger partial charge is 0.258 e. The fraction of sp³-hybridized carbons (Fsp3) is 0.250. The first kappa shape index (κ1) is 19.2. The normalized spacial score (nSPS) is 13.1. The number of amides is 1. The van der Waals surface area contributed by atoms with E-state index in [0.717, 1.165) is 35.7 Å². The first-order chi connectivity index (χ1) is 14.1. The average molecular weight is 386 g/mol. The van der Waals surface area contributed by atoms with Gasteiger partial charge >= 0.3 is 0 Å². The molecule has 0 bridgehead atoms. The van der Waals surface area contributed by atoms with E-state index in [1.165, 1.54) is 5.56 Å². The van der Waals surface area contributed by atoms with Crippen molar-refractivity contribution in [2.24, 2.45) is 0 Å². The molecule has 5 heteroatoms. The van der Waals surface area contributed by atoms with Crippen LogP contribution in [0.5, 0.6) is 0 Å².